The van der Waals surface area contributed by atoms with Gasteiger partial charge in [0.2, 0.25) is 5.82 Å². The molecule has 0 aliphatic carbocycles. The summed E-state index contributed by atoms with van der Waals surface area (Å²) in [6.45, 7) is 0. The summed E-state index contributed by atoms with van der Waals surface area (Å²) in [4.78, 5) is 29.4. The number of hydrogen-bond acceptors (Lipinski definition) is 5. The summed E-state index contributed by atoms with van der Waals surface area (Å²) in [7, 11) is 0. The second kappa shape index (κ2) is 8.92. The standard InChI is InChI=1S/C28H17ClN4O4/c29-19-9-12-24-18(14-19)15-25(37-24)26-31-23-6-2-1-5-22(23)27(34)33(26)30-16-21-4-3-13-32(21)20-10-7-17(8-11-20)28(35)36/h1-16H,(H,35,36). The predicted octanol–water partition coefficient (Wildman–Crippen LogP) is 5.83. The van der Waals surface area contributed by atoms with Crippen LogP contribution in [0.15, 0.2) is 105 Å². The van der Waals surface area contributed by atoms with E-state index in [0.29, 0.717) is 33.0 Å². The Morgan fingerprint density at radius 1 is 1.00 bits per heavy atom. The molecule has 3 aromatic carbocycles. The Balaban J connectivity index is 1.48. The quantitative estimate of drug-likeness (QED) is 0.295. The maximum absolute atomic E-state index is 13.5. The minimum absolute atomic E-state index is 0.191. The van der Waals surface area contributed by atoms with E-state index < -0.39 is 5.97 Å². The molecule has 8 nitrogen and oxygen atoms in total. The summed E-state index contributed by atoms with van der Waals surface area (Å²) in [5.74, 6) is -0.377. The van der Waals surface area contributed by atoms with Crippen LogP contribution in [0.1, 0.15) is 16.1 Å². The van der Waals surface area contributed by atoms with Gasteiger partial charge in [-0.25, -0.2) is 9.78 Å². The fourth-order valence-electron chi connectivity index (χ4n) is 4.13. The van der Waals surface area contributed by atoms with E-state index in [9.17, 15) is 14.7 Å². The number of carbonyl (C=O) groups is 1. The molecule has 37 heavy (non-hydrogen) atoms. The van der Waals surface area contributed by atoms with E-state index in [2.05, 4.69) is 5.10 Å². The van der Waals surface area contributed by atoms with Crippen molar-refractivity contribution in [3.8, 4) is 17.3 Å². The molecule has 3 aromatic heterocycles. The van der Waals surface area contributed by atoms with E-state index >= 15 is 0 Å². The predicted molar refractivity (Wildman–Crippen MR) is 142 cm³/mol. The van der Waals surface area contributed by atoms with Gasteiger partial charge in [-0.3, -0.25) is 4.79 Å². The zero-order valence-corrected chi connectivity index (χ0v) is 19.8. The van der Waals surface area contributed by atoms with Crippen LogP contribution in [0.4, 0.5) is 0 Å². The molecular formula is C28H17ClN4O4. The molecule has 6 aromatic rings. The summed E-state index contributed by atoms with van der Waals surface area (Å²) >= 11 is 6.14. The van der Waals surface area contributed by atoms with Crippen LogP contribution in [0.2, 0.25) is 5.02 Å². The molecule has 180 valence electrons. The Morgan fingerprint density at radius 2 is 1.81 bits per heavy atom. The number of nitrogens with zero attached hydrogens (tertiary/aromatic N) is 4. The number of carboxylic acids is 1. The van der Waals surface area contributed by atoms with Gasteiger partial charge in [0.1, 0.15) is 5.58 Å². The summed E-state index contributed by atoms with van der Waals surface area (Å²) in [6, 6.07) is 24.2. The topological polar surface area (TPSA) is 103 Å². The number of benzene rings is 3. The van der Waals surface area contributed by atoms with E-state index in [1.165, 1.54) is 16.8 Å². The van der Waals surface area contributed by atoms with Crippen molar-refractivity contribution in [1.29, 1.82) is 0 Å². The van der Waals surface area contributed by atoms with Gasteiger partial charge >= 0.3 is 5.97 Å². The van der Waals surface area contributed by atoms with Crippen LogP contribution in [0, 0.1) is 0 Å². The molecule has 0 amide bonds. The summed E-state index contributed by atoms with van der Waals surface area (Å²) < 4.78 is 9.05. The van der Waals surface area contributed by atoms with Gasteiger partial charge in [0.15, 0.2) is 5.76 Å². The van der Waals surface area contributed by atoms with Crippen LogP contribution < -0.4 is 5.56 Å². The summed E-state index contributed by atoms with van der Waals surface area (Å²) in [5.41, 5.74) is 2.39. The molecule has 0 fully saturated rings. The van der Waals surface area contributed by atoms with Gasteiger partial charge in [0.25, 0.3) is 5.56 Å². The van der Waals surface area contributed by atoms with E-state index in [-0.39, 0.29) is 16.9 Å². The molecule has 0 spiro atoms. The molecule has 0 unspecified atom stereocenters. The van der Waals surface area contributed by atoms with Crippen LogP contribution >= 0.6 is 11.6 Å². The van der Waals surface area contributed by atoms with E-state index in [0.717, 1.165) is 11.1 Å². The number of furan rings is 1. The lowest BCUT2D eigenvalue weighted by molar-refractivity contribution is 0.0697. The van der Waals surface area contributed by atoms with Crippen LogP contribution in [0.25, 0.3) is 39.1 Å². The number of halogens is 1. The van der Waals surface area contributed by atoms with Gasteiger partial charge in [-0.05, 0) is 72.8 Å². The first-order valence-corrected chi connectivity index (χ1v) is 11.6. The van der Waals surface area contributed by atoms with Gasteiger partial charge in [-0.15, -0.1) is 0 Å². The normalized spacial score (nSPS) is 11.6. The highest BCUT2D eigenvalue weighted by atomic mass is 35.5. The number of hydrogen-bond donors (Lipinski definition) is 1. The lowest BCUT2D eigenvalue weighted by Crippen LogP contribution is -2.20. The average Bonchev–Trinajstić information content (AvgIpc) is 3.55. The van der Waals surface area contributed by atoms with Crippen molar-refractivity contribution in [1.82, 2.24) is 14.2 Å². The lowest BCUT2D eigenvalue weighted by atomic mass is 10.2. The molecule has 3 heterocycles. The van der Waals surface area contributed by atoms with Crippen molar-refractivity contribution >= 4 is 45.7 Å². The maximum atomic E-state index is 13.5. The monoisotopic (exact) mass is 508 g/mol. The largest absolute Gasteiger partial charge is 0.478 e. The third kappa shape index (κ3) is 4.09. The van der Waals surface area contributed by atoms with Crippen molar-refractivity contribution < 1.29 is 14.3 Å². The third-order valence-corrected chi connectivity index (χ3v) is 6.17. The van der Waals surface area contributed by atoms with E-state index in [1.54, 1.807) is 60.8 Å². The van der Waals surface area contributed by atoms with Gasteiger partial charge in [-0.1, -0.05) is 23.7 Å². The van der Waals surface area contributed by atoms with Crippen molar-refractivity contribution in [2.75, 3.05) is 0 Å². The molecule has 9 heteroatoms. The first kappa shape index (κ1) is 22.5. The molecule has 0 atom stereocenters. The lowest BCUT2D eigenvalue weighted by Gasteiger charge is -2.09. The Hall–Kier alpha value is -4.95. The Labute approximate surface area is 214 Å². The number of aromatic carboxylic acids is 1. The Kier molecular flexibility index (Phi) is 5.43. The first-order valence-electron chi connectivity index (χ1n) is 11.2. The van der Waals surface area contributed by atoms with Crippen LogP contribution in [0.5, 0.6) is 0 Å². The Morgan fingerprint density at radius 3 is 2.62 bits per heavy atom. The summed E-state index contributed by atoms with van der Waals surface area (Å²) in [5, 5.41) is 15.4. The van der Waals surface area contributed by atoms with Crippen LogP contribution in [-0.4, -0.2) is 31.5 Å². The van der Waals surface area contributed by atoms with Gasteiger partial charge in [0, 0.05) is 22.3 Å². The smallest absolute Gasteiger partial charge is 0.335 e. The minimum Gasteiger partial charge on any atom is -0.478 e. The average molecular weight is 509 g/mol. The molecule has 0 saturated heterocycles. The maximum Gasteiger partial charge on any atom is 0.335 e. The molecule has 0 aliphatic rings. The second-order valence-corrected chi connectivity index (χ2v) is 8.70. The van der Waals surface area contributed by atoms with Crippen LogP contribution in [-0.2, 0) is 0 Å². The summed E-state index contributed by atoms with van der Waals surface area (Å²) in [6.07, 6.45) is 3.37. The van der Waals surface area contributed by atoms with Gasteiger partial charge < -0.3 is 14.1 Å². The number of aromatic nitrogens is 3. The number of rotatable bonds is 5. The highest BCUT2D eigenvalue weighted by Crippen LogP contribution is 2.29. The first-order chi connectivity index (χ1) is 18.0. The zero-order chi connectivity index (χ0) is 25.5. The molecule has 0 bridgehead atoms. The van der Waals surface area contributed by atoms with E-state index in [1.807, 2.05) is 29.0 Å². The van der Waals surface area contributed by atoms with Crippen molar-refractivity contribution in [2.45, 2.75) is 0 Å². The van der Waals surface area contributed by atoms with Gasteiger partial charge in [0.05, 0.1) is 28.4 Å². The number of fused-ring (bicyclic) bond motifs is 2. The molecular weight excluding hydrogens is 492 g/mol. The molecule has 0 radical (unpaired) electrons. The van der Waals surface area contributed by atoms with Crippen molar-refractivity contribution in [3.63, 3.8) is 0 Å². The highest BCUT2D eigenvalue weighted by Gasteiger charge is 2.17. The SMILES string of the molecule is O=C(O)c1ccc(-n2cccc2C=Nn2c(-c3cc4cc(Cl)ccc4o3)nc3ccccc3c2=O)cc1. The second-order valence-electron chi connectivity index (χ2n) is 8.26. The molecule has 6 rings (SSSR count). The van der Waals surface area contributed by atoms with Crippen molar-refractivity contribution in [3.05, 3.63) is 118 Å². The Bertz CT molecular complexity index is 1900. The third-order valence-electron chi connectivity index (χ3n) is 5.93. The van der Waals surface area contributed by atoms with Crippen LogP contribution in [0.3, 0.4) is 0 Å². The van der Waals surface area contributed by atoms with E-state index in [4.69, 9.17) is 21.0 Å². The van der Waals surface area contributed by atoms with Crippen molar-refractivity contribution in [2.24, 2.45) is 5.10 Å². The fourth-order valence-corrected chi connectivity index (χ4v) is 4.31. The fraction of sp³-hybridized carbons (Fsp3) is 0. The zero-order valence-electron chi connectivity index (χ0n) is 19.1. The molecule has 1 N–H and O–H groups in total. The minimum atomic E-state index is -0.996. The number of para-hydroxylation sites is 1. The number of carboxylic acid groups (broad SMARTS) is 1. The molecule has 0 aliphatic heterocycles. The molecule has 0 saturated carbocycles. The van der Waals surface area contributed by atoms with Gasteiger partial charge in [-0.2, -0.15) is 9.78 Å². The highest BCUT2D eigenvalue weighted by molar-refractivity contribution is 6.31.